The number of carbonyl (C=O) groups excluding carboxylic acids is 1. The zero-order valence-corrected chi connectivity index (χ0v) is 8.11. The molecule has 1 N–H and O–H groups in total. The molecule has 0 aliphatic carbocycles. The molecular formula is C10H12O4. The fourth-order valence-electron chi connectivity index (χ4n) is 1.09. The van der Waals surface area contributed by atoms with Crippen molar-refractivity contribution in [3.8, 4) is 17.2 Å². The Labute approximate surface area is 82.1 Å². The molecule has 0 spiro atoms. The molecule has 14 heavy (non-hydrogen) atoms. The molecule has 0 saturated heterocycles. The molecular weight excluding hydrogens is 184 g/mol. The Hall–Kier alpha value is -1.71. The number of methoxy groups -OCH3 is 1. The molecule has 0 amide bonds. The Morgan fingerprint density at radius 1 is 1.43 bits per heavy atom. The van der Waals surface area contributed by atoms with Crippen LogP contribution in [0.1, 0.15) is 17.3 Å². The van der Waals surface area contributed by atoms with Gasteiger partial charge >= 0.3 is 0 Å². The van der Waals surface area contributed by atoms with Crippen LogP contribution in [-0.4, -0.2) is 25.1 Å². The number of hydrogen-bond acceptors (Lipinski definition) is 4. The van der Waals surface area contributed by atoms with Gasteiger partial charge in [-0.05, 0) is 19.1 Å². The number of hydrogen-bond donors (Lipinski definition) is 1. The maximum atomic E-state index is 10.5. The average molecular weight is 196 g/mol. The fraction of sp³-hybridized carbons (Fsp3) is 0.300. The van der Waals surface area contributed by atoms with E-state index in [2.05, 4.69) is 0 Å². The highest BCUT2D eigenvalue weighted by molar-refractivity contribution is 5.78. The van der Waals surface area contributed by atoms with Gasteiger partial charge in [-0.2, -0.15) is 0 Å². The lowest BCUT2D eigenvalue weighted by atomic mass is 10.2. The van der Waals surface area contributed by atoms with E-state index in [0.29, 0.717) is 18.5 Å². The highest BCUT2D eigenvalue weighted by atomic mass is 16.5. The van der Waals surface area contributed by atoms with Crippen LogP contribution in [0.4, 0.5) is 0 Å². The lowest BCUT2D eigenvalue weighted by molar-refractivity contribution is 0.112. The summed E-state index contributed by atoms with van der Waals surface area (Å²) in [6.07, 6.45) is 0.671. The van der Waals surface area contributed by atoms with Gasteiger partial charge in [-0.25, -0.2) is 0 Å². The summed E-state index contributed by atoms with van der Waals surface area (Å²) in [5.41, 5.74) is 0.406. The van der Waals surface area contributed by atoms with E-state index in [-0.39, 0.29) is 17.2 Å². The Balaban J connectivity index is 3.19. The first-order valence-corrected chi connectivity index (χ1v) is 4.21. The molecule has 0 aliphatic heterocycles. The Bertz CT molecular complexity index is 333. The quantitative estimate of drug-likeness (QED) is 0.743. The smallest absolute Gasteiger partial charge is 0.200 e. The predicted molar refractivity (Wildman–Crippen MR) is 51.2 cm³/mol. The summed E-state index contributed by atoms with van der Waals surface area (Å²) in [4.78, 5) is 10.5. The second-order valence-electron chi connectivity index (χ2n) is 2.62. The van der Waals surface area contributed by atoms with E-state index < -0.39 is 0 Å². The zero-order chi connectivity index (χ0) is 10.6. The standard InChI is InChI=1S/C10H12O4/c1-3-14-9-5-7(6-11)4-8(13-2)10(9)12/h4-6,12H,3H2,1-2H3. The van der Waals surface area contributed by atoms with Gasteiger partial charge < -0.3 is 14.6 Å². The lowest BCUT2D eigenvalue weighted by Gasteiger charge is -2.09. The molecule has 0 saturated carbocycles. The van der Waals surface area contributed by atoms with Crippen LogP contribution in [0.15, 0.2) is 12.1 Å². The minimum atomic E-state index is -0.0834. The molecule has 0 heterocycles. The van der Waals surface area contributed by atoms with Gasteiger partial charge in [0.1, 0.15) is 6.29 Å². The van der Waals surface area contributed by atoms with Crippen LogP contribution in [0.5, 0.6) is 17.2 Å². The second-order valence-corrected chi connectivity index (χ2v) is 2.62. The van der Waals surface area contributed by atoms with Crippen LogP contribution in [0.25, 0.3) is 0 Å². The van der Waals surface area contributed by atoms with Crippen LogP contribution >= 0.6 is 0 Å². The Kier molecular flexibility index (Phi) is 3.34. The van der Waals surface area contributed by atoms with E-state index in [1.54, 1.807) is 6.92 Å². The molecule has 1 aromatic rings. The van der Waals surface area contributed by atoms with Crippen LogP contribution < -0.4 is 9.47 Å². The first-order valence-electron chi connectivity index (χ1n) is 4.21. The van der Waals surface area contributed by atoms with Crippen molar-refractivity contribution in [2.24, 2.45) is 0 Å². The van der Waals surface area contributed by atoms with Crippen molar-refractivity contribution >= 4 is 6.29 Å². The van der Waals surface area contributed by atoms with Crippen molar-refractivity contribution in [2.45, 2.75) is 6.92 Å². The molecule has 76 valence electrons. The number of phenolic OH excluding ortho intramolecular Hbond substituents is 1. The zero-order valence-electron chi connectivity index (χ0n) is 8.11. The maximum absolute atomic E-state index is 10.5. The Morgan fingerprint density at radius 3 is 2.57 bits per heavy atom. The van der Waals surface area contributed by atoms with E-state index in [1.165, 1.54) is 19.2 Å². The summed E-state index contributed by atoms with van der Waals surface area (Å²) in [5.74, 6) is 0.409. The summed E-state index contributed by atoms with van der Waals surface area (Å²) in [7, 11) is 1.42. The van der Waals surface area contributed by atoms with Crippen LogP contribution in [0.2, 0.25) is 0 Å². The van der Waals surface area contributed by atoms with E-state index in [9.17, 15) is 9.90 Å². The third kappa shape index (κ3) is 1.96. The van der Waals surface area contributed by atoms with Crippen LogP contribution in [-0.2, 0) is 0 Å². The maximum Gasteiger partial charge on any atom is 0.200 e. The van der Waals surface area contributed by atoms with E-state index >= 15 is 0 Å². The van der Waals surface area contributed by atoms with E-state index in [0.717, 1.165) is 0 Å². The van der Waals surface area contributed by atoms with Crippen molar-refractivity contribution in [2.75, 3.05) is 13.7 Å². The number of carbonyl (C=O) groups is 1. The van der Waals surface area contributed by atoms with Gasteiger partial charge in [0.15, 0.2) is 11.5 Å². The first kappa shape index (κ1) is 10.4. The number of rotatable bonds is 4. The van der Waals surface area contributed by atoms with E-state index in [4.69, 9.17) is 9.47 Å². The van der Waals surface area contributed by atoms with Gasteiger partial charge in [-0.15, -0.1) is 0 Å². The minimum Gasteiger partial charge on any atom is -0.502 e. The summed E-state index contributed by atoms with van der Waals surface area (Å²) < 4.78 is 10.0. The second kappa shape index (κ2) is 4.50. The molecule has 0 aliphatic rings. The molecule has 1 aromatic carbocycles. The third-order valence-corrected chi connectivity index (χ3v) is 1.72. The number of aromatic hydroxyl groups is 1. The van der Waals surface area contributed by atoms with Crippen LogP contribution in [0.3, 0.4) is 0 Å². The van der Waals surface area contributed by atoms with Crippen molar-refractivity contribution < 1.29 is 19.4 Å². The average Bonchev–Trinajstić information content (AvgIpc) is 2.21. The molecule has 0 atom stereocenters. The number of ether oxygens (including phenoxy) is 2. The van der Waals surface area contributed by atoms with Gasteiger partial charge in [0.25, 0.3) is 0 Å². The summed E-state index contributed by atoms with van der Waals surface area (Å²) >= 11 is 0. The summed E-state index contributed by atoms with van der Waals surface area (Å²) in [5, 5.41) is 9.57. The Morgan fingerprint density at radius 2 is 2.07 bits per heavy atom. The van der Waals surface area contributed by atoms with Gasteiger partial charge in [0, 0.05) is 5.56 Å². The molecule has 0 unspecified atom stereocenters. The van der Waals surface area contributed by atoms with Crippen molar-refractivity contribution in [1.82, 2.24) is 0 Å². The predicted octanol–water partition coefficient (Wildman–Crippen LogP) is 1.61. The highest BCUT2D eigenvalue weighted by Crippen LogP contribution is 2.36. The van der Waals surface area contributed by atoms with Gasteiger partial charge in [-0.1, -0.05) is 0 Å². The molecule has 4 nitrogen and oxygen atoms in total. The molecule has 4 heteroatoms. The summed E-state index contributed by atoms with van der Waals surface area (Å²) in [6.45, 7) is 2.21. The third-order valence-electron chi connectivity index (χ3n) is 1.72. The molecule has 0 aromatic heterocycles. The number of benzene rings is 1. The van der Waals surface area contributed by atoms with Crippen LogP contribution in [0, 0.1) is 0 Å². The molecule has 1 rings (SSSR count). The fourth-order valence-corrected chi connectivity index (χ4v) is 1.09. The highest BCUT2D eigenvalue weighted by Gasteiger charge is 2.10. The normalized spacial score (nSPS) is 9.57. The van der Waals surface area contributed by atoms with Crippen molar-refractivity contribution in [1.29, 1.82) is 0 Å². The molecule has 0 fully saturated rings. The SMILES string of the molecule is CCOc1cc(C=O)cc(OC)c1O. The van der Waals surface area contributed by atoms with Gasteiger partial charge in [-0.3, -0.25) is 4.79 Å². The van der Waals surface area contributed by atoms with E-state index in [1.807, 2.05) is 0 Å². The first-order chi connectivity index (χ1) is 6.72. The molecule has 0 radical (unpaired) electrons. The number of aldehydes is 1. The van der Waals surface area contributed by atoms with Gasteiger partial charge in [0.05, 0.1) is 13.7 Å². The van der Waals surface area contributed by atoms with Gasteiger partial charge in [0.2, 0.25) is 5.75 Å². The lowest BCUT2D eigenvalue weighted by Crippen LogP contribution is -1.95. The summed E-state index contributed by atoms with van der Waals surface area (Å²) in [6, 6.07) is 2.92. The topological polar surface area (TPSA) is 55.8 Å². The number of phenols is 1. The monoisotopic (exact) mass is 196 g/mol. The minimum absolute atomic E-state index is 0.0834. The van der Waals surface area contributed by atoms with Crippen molar-refractivity contribution in [3.63, 3.8) is 0 Å². The van der Waals surface area contributed by atoms with Crippen molar-refractivity contribution in [3.05, 3.63) is 17.7 Å². The largest absolute Gasteiger partial charge is 0.502 e. The molecule has 0 bridgehead atoms.